The smallest absolute Gasteiger partial charge is 0.341 e. The van der Waals surface area contributed by atoms with Crippen molar-refractivity contribution in [1.29, 1.82) is 0 Å². The van der Waals surface area contributed by atoms with Crippen molar-refractivity contribution in [2.75, 3.05) is 0 Å². The maximum Gasteiger partial charge on any atom is 0.341 e. The van der Waals surface area contributed by atoms with Crippen LogP contribution in [0.4, 0.5) is 0 Å². The minimum absolute atomic E-state index is 0.153. The topological polar surface area (TPSA) is 91.4 Å². The molecule has 6 unspecified atom stereocenters. The Hall–Kier alpha value is -2.41. The van der Waals surface area contributed by atoms with Gasteiger partial charge in [-0.25, -0.2) is 9.59 Å². The summed E-state index contributed by atoms with van der Waals surface area (Å²) < 4.78 is 22.4. The largest absolute Gasteiger partial charge is 0.479 e. The molecular weight excluding hydrogens is 352 g/mol. The number of carbonyl (C=O) groups is 3. The van der Waals surface area contributed by atoms with Gasteiger partial charge < -0.3 is 18.9 Å². The summed E-state index contributed by atoms with van der Waals surface area (Å²) in [5, 5.41) is 0. The van der Waals surface area contributed by atoms with Crippen molar-refractivity contribution in [3.8, 4) is 0 Å². The molecule has 4 aliphatic heterocycles. The van der Waals surface area contributed by atoms with Crippen molar-refractivity contribution in [1.82, 2.24) is 0 Å². The number of carbonyl (C=O) groups excluding carboxylic acids is 3. The molecule has 144 valence electrons. The van der Waals surface area contributed by atoms with Gasteiger partial charge in [0, 0.05) is 18.1 Å². The molecule has 4 heterocycles. The van der Waals surface area contributed by atoms with Crippen LogP contribution in [0.25, 0.3) is 0 Å². The summed E-state index contributed by atoms with van der Waals surface area (Å²) in [4.78, 5) is 37.2. The van der Waals surface area contributed by atoms with Crippen molar-refractivity contribution in [3.63, 3.8) is 0 Å². The van der Waals surface area contributed by atoms with Gasteiger partial charge in [0.2, 0.25) is 5.78 Å². The number of ketones is 1. The summed E-state index contributed by atoms with van der Waals surface area (Å²) in [6, 6.07) is 0. The number of allylic oxidation sites excluding steroid dienone is 1. The Balaban J connectivity index is 1.73. The second kappa shape index (κ2) is 5.55. The average molecular weight is 374 g/mol. The molecule has 0 aromatic rings. The quantitative estimate of drug-likeness (QED) is 0.413. The molecule has 6 atom stereocenters. The predicted octanol–water partition coefficient (Wildman–Crippen LogP) is 1.77. The van der Waals surface area contributed by atoms with Gasteiger partial charge in [-0.15, -0.1) is 0 Å². The van der Waals surface area contributed by atoms with Crippen molar-refractivity contribution < 1.29 is 33.3 Å². The SMILES string of the molecule is C=C1C(=O)OC2CC3(C)OC(=CC3=O)/C(C)=C\C(OC(=O)C3(C)OC3C)C12. The highest BCUT2D eigenvalue weighted by molar-refractivity contribution is 6.00. The Morgan fingerprint density at radius 2 is 2.00 bits per heavy atom. The third kappa shape index (κ3) is 2.64. The highest BCUT2D eigenvalue weighted by Crippen LogP contribution is 2.44. The molecule has 0 spiro atoms. The lowest BCUT2D eigenvalue weighted by Gasteiger charge is -2.29. The molecule has 0 aliphatic carbocycles. The number of epoxide rings is 1. The van der Waals surface area contributed by atoms with E-state index in [-0.39, 0.29) is 23.9 Å². The van der Waals surface area contributed by atoms with E-state index < -0.39 is 41.3 Å². The van der Waals surface area contributed by atoms with Gasteiger partial charge in [0.05, 0.1) is 12.0 Å². The zero-order chi connectivity index (χ0) is 19.7. The lowest BCUT2D eigenvalue weighted by molar-refractivity contribution is -0.156. The zero-order valence-corrected chi connectivity index (χ0v) is 15.7. The molecule has 0 aromatic carbocycles. The van der Waals surface area contributed by atoms with Gasteiger partial charge in [0.25, 0.3) is 0 Å². The maximum absolute atomic E-state index is 12.6. The van der Waals surface area contributed by atoms with Crippen molar-refractivity contribution in [3.05, 3.63) is 35.6 Å². The van der Waals surface area contributed by atoms with Crippen LogP contribution < -0.4 is 0 Å². The number of fused-ring (bicyclic) bond motifs is 3. The van der Waals surface area contributed by atoms with Crippen LogP contribution in [0.2, 0.25) is 0 Å². The van der Waals surface area contributed by atoms with Gasteiger partial charge in [-0.3, -0.25) is 4.79 Å². The van der Waals surface area contributed by atoms with Crippen LogP contribution in [0.5, 0.6) is 0 Å². The predicted molar refractivity (Wildman–Crippen MR) is 92.3 cm³/mol. The van der Waals surface area contributed by atoms with Crippen LogP contribution in [0.1, 0.15) is 34.1 Å². The molecule has 4 aliphatic rings. The van der Waals surface area contributed by atoms with E-state index in [0.29, 0.717) is 11.3 Å². The molecule has 7 heteroatoms. The fourth-order valence-corrected chi connectivity index (χ4v) is 3.87. The number of hydrogen-bond acceptors (Lipinski definition) is 7. The van der Waals surface area contributed by atoms with Gasteiger partial charge in [-0.2, -0.15) is 0 Å². The first kappa shape index (κ1) is 18.0. The van der Waals surface area contributed by atoms with Gasteiger partial charge in [0.1, 0.15) is 18.0 Å². The van der Waals surface area contributed by atoms with E-state index in [2.05, 4.69) is 6.58 Å². The molecule has 2 saturated heterocycles. The monoisotopic (exact) mass is 374 g/mol. The summed E-state index contributed by atoms with van der Waals surface area (Å²) in [5.41, 5.74) is -1.25. The third-order valence-corrected chi connectivity index (χ3v) is 5.98. The van der Waals surface area contributed by atoms with Crippen LogP contribution >= 0.6 is 0 Å². The Kier molecular flexibility index (Phi) is 3.69. The Labute approximate surface area is 157 Å². The molecule has 0 saturated carbocycles. The fourth-order valence-electron chi connectivity index (χ4n) is 3.87. The van der Waals surface area contributed by atoms with Gasteiger partial charge in [-0.05, 0) is 39.3 Å². The first-order valence-electron chi connectivity index (χ1n) is 8.98. The molecular formula is C20H22O7. The fraction of sp³-hybridized carbons (Fsp3) is 0.550. The molecule has 0 aromatic heterocycles. The highest BCUT2D eigenvalue weighted by atomic mass is 16.7. The van der Waals surface area contributed by atoms with E-state index in [4.69, 9.17) is 18.9 Å². The van der Waals surface area contributed by atoms with Crippen LogP contribution in [0.15, 0.2) is 35.6 Å². The van der Waals surface area contributed by atoms with E-state index in [1.807, 2.05) is 0 Å². The van der Waals surface area contributed by atoms with Gasteiger partial charge >= 0.3 is 11.9 Å². The van der Waals surface area contributed by atoms with E-state index in [0.717, 1.165) is 0 Å². The zero-order valence-electron chi connectivity index (χ0n) is 15.7. The van der Waals surface area contributed by atoms with Crippen LogP contribution in [0.3, 0.4) is 0 Å². The molecule has 2 bridgehead atoms. The van der Waals surface area contributed by atoms with Crippen molar-refractivity contribution in [2.24, 2.45) is 5.92 Å². The van der Waals surface area contributed by atoms with Gasteiger partial charge in [-0.1, -0.05) is 6.58 Å². The summed E-state index contributed by atoms with van der Waals surface area (Å²) in [7, 11) is 0. The molecule has 0 N–H and O–H groups in total. The summed E-state index contributed by atoms with van der Waals surface area (Å²) in [6.07, 6.45) is 1.58. The molecule has 2 fully saturated rings. The normalized spacial score (nSPS) is 44.7. The number of hydrogen-bond donors (Lipinski definition) is 0. The minimum atomic E-state index is -1.13. The standard InChI is InChI=1S/C20H22O7/c1-9-6-13(25-18(23)20(5)11(3)26-20)16-10(2)17(22)24-14(16)8-19(4)15(21)7-12(9)27-19/h6-7,11,13-14,16H,2,8H2,1,3-5H3/b9-6-. The minimum Gasteiger partial charge on any atom is -0.479 e. The molecule has 7 nitrogen and oxygen atoms in total. The van der Waals surface area contributed by atoms with Crippen LogP contribution in [0, 0.1) is 5.92 Å². The van der Waals surface area contributed by atoms with Crippen molar-refractivity contribution in [2.45, 2.75) is 63.6 Å². The van der Waals surface area contributed by atoms with E-state index in [1.165, 1.54) is 6.08 Å². The van der Waals surface area contributed by atoms with Crippen molar-refractivity contribution >= 4 is 17.7 Å². The molecule has 4 rings (SSSR count). The summed E-state index contributed by atoms with van der Waals surface area (Å²) >= 11 is 0. The van der Waals surface area contributed by atoms with Gasteiger partial charge in [0.15, 0.2) is 11.2 Å². The van der Waals surface area contributed by atoms with Crippen LogP contribution in [-0.4, -0.2) is 47.2 Å². The molecule has 0 amide bonds. The summed E-state index contributed by atoms with van der Waals surface area (Å²) in [6.45, 7) is 10.7. The summed E-state index contributed by atoms with van der Waals surface area (Å²) in [5.74, 6) is -1.40. The van der Waals surface area contributed by atoms with E-state index >= 15 is 0 Å². The first-order valence-corrected chi connectivity index (χ1v) is 8.98. The molecule has 27 heavy (non-hydrogen) atoms. The molecule has 0 radical (unpaired) electrons. The lowest BCUT2D eigenvalue weighted by Crippen LogP contribution is -2.42. The highest BCUT2D eigenvalue weighted by Gasteiger charge is 2.59. The first-order chi connectivity index (χ1) is 12.5. The second-order valence-corrected chi connectivity index (χ2v) is 7.99. The third-order valence-electron chi connectivity index (χ3n) is 5.98. The van der Waals surface area contributed by atoms with Crippen LogP contribution in [-0.2, 0) is 33.3 Å². The Morgan fingerprint density at radius 3 is 2.63 bits per heavy atom. The number of rotatable bonds is 2. The Bertz CT molecular complexity index is 837. The second-order valence-electron chi connectivity index (χ2n) is 7.99. The van der Waals surface area contributed by atoms with E-state index in [1.54, 1.807) is 33.8 Å². The lowest BCUT2D eigenvalue weighted by atomic mass is 9.83. The Morgan fingerprint density at radius 1 is 1.33 bits per heavy atom. The van der Waals surface area contributed by atoms with E-state index in [9.17, 15) is 14.4 Å². The number of ether oxygens (including phenoxy) is 4. The number of esters is 2. The average Bonchev–Trinajstić information content (AvgIpc) is 2.94. The maximum atomic E-state index is 12.6.